The van der Waals surface area contributed by atoms with Gasteiger partial charge >= 0.3 is 0 Å². The van der Waals surface area contributed by atoms with Crippen molar-refractivity contribution >= 4 is 44.7 Å². The molecule has 0 saturated carbocycles. The summed E-state index contributed by atoms with van der Waals surface area (Å²) in [6.07, 6.45) is 0. The van der Waals surface area contributed by atoms with Crippen LogP contribution in [0.1, 0.15) is 47.3 Å². The van der Waals surface area contributed by atoms with Gasteiger partial charge in [0.1, 0.15) is 4.83 Å². The molecule has 0 aliphatic carbocycles. The average molecular weight is 396 g/mol. The van der Waals surface area contributed by atoms with Crippen LogP contribution in [0.5, 0.6) is 0 Å². The number of pyridine rings is 1. The summed E-state index contributed by atoms with van der Waals surface area (Å²) in [6.45, 7) is 11.6. The van der Waals surface area contributed by atoms with Crippen molar-refractivity contribution < 1.29 is 9.59 Å². The van der Waals surface area contributed by atoms with Gasteiger partial charge < -0.3 is 10.6 Å². The largest absolute Gasteiger partial charge is 0.326 e. The van der Waals surface area contributed by atoms with E-state index >= 15 is 0 Å². The fourth-order valence-corrected chi connectivity index (χ4v) is 4.18. The number of aromatic nitrogens is 1. The van der Waals surface area contributed by atoms with E-state index in [4.69, 9.17) is 0 Å². The zero-order valence-corrected chi connectivity index (χ0v) is 17.9. The molecule has 1 aromatic carbocycles. The second-order valence-corrected chi connectivity index (χ2v) is 9.05. The Hall–Kier alpha value is -2.73. The van der Waals surface area contributed by atoms with Crippen LogP contribution >= 0.6 is 11.3 Å². The van der Waals surface area contributed by atoms with Crippen LogP contribution in [-0.4, -0.2) is 16.8 Å². The molecule has 2 amide bonds. The number of hydrogen-bond donors (Lipinski definition) is 2. The topological polar surface area (TPSA) is 71.1 Å². The van der Waals surface area contributed by atoms with Crippen LogP contribution in [-0.2, 0) is 4.79 Å². The van der Waals surface area contributed by atoms with E-state index in [0.717, 1.165) is 27.0 Å². The summed E-state index contributed by atoms with van der Waals surface area (Å²) >= 11 is 1.41. The standard InChI is InChI=1S/C22H25N3O2S/c1-12-11-13(2)23-20-17(12)14(3)18(28-20)19(26)24-15-7-9-16(10-8-15)25-21(27)22(4,5)6/h7-11H,1-6H3,(H,24,26)(H,25,27). The molecule has 0 radical (unpaired) electrons. The fourth-order valence-electron chi connectivity index (χ4n) is 2.98. The molecule has 6 heteroatoms. The van der Waals surface area contributed by atoms with Crippen LogP contribution in [0, 0.1) is 26.2 Å². The Labute approximate surface area is 169 Å². The van der Waals surface area contributed by atoms with Crippen molar-refractivity contribution in [2.45, 2.75) is 41.5 Å². The van der Waals surface area contributed by atoms with Gasteiger partial charge in [-0.1, -0.05) is 20.8 Å². The van der Waals surface area contributed by atoms with Gasteiger partial charge in [0.05, 0.1) is 4.88 Å². The number of amides is 2. The molecule has 5 nitrogen and oxygen atoms in total. The third-order valence-corrected chi connectivity index (χ3v) is 5.70. The fraction of sp³-hybridized carbons (Fsp3) is 0.318. The maximum Gasteiger partial charge on any atom is 0.266 e. The molecule has 2 heterocycles. The minimum Gasteiger partial charge on any atom is -0.326 e. The van der Waals surface area contributed by atoms with Gasteiger partial charge in [-0.25, -0.2) is 4.98 Å². The monoisotopic (exact) mass is 395 g/mol. The first kappa shape index (κ1) is 20.0. The molecular weight excluding hydrogens is 370 g/mol. The van der Waals surface area contributed by atoms with E-state index in [1.165, 1.54) is 11.3 Å². The Bertz CT molecular complexity index is 1060. The minimum atomic E-state index is -0.462. The predicted molar refractivity (Wildman–Crippen MR) is 116 cm³/mol. The molecule has 28 heavy (non-hydrogen) atoms. The lowest BCUT2D eigenvalue weighted by Crippen LogP contribution is -2.27. The summed E-state index contributed by atoms with van der Waals surface area (Å²) in [5.74, 6) is -0.202. The Morgan fingerprint density at radius 1 is 0.964 bits per heavy atom. The summed E-state index contributed by atoms with van der Waals surface area (Å²) in [5.41, 5.74) is 3.95. The number of benzene rings is 1. The zero-order valence-electron chi connectivity index (χ0n) is 17.1. The Morgan fingerprint density at radius 3 is 2.11 bits per heavy atom. The van der Waals surface area contributed by atoms with Gasteiger partial charge in [0.15, 0.2) is 0 Å². The third kappa shape index (κ3) is 4.07. The molecular formula is C22H25N3O2S. The van der Waals surface area contributed by atoms with Crippen molar-refractivity contribution in [3.63, 3.8) is 0 Å². The van der Waals surface area contributed by atoms with E-state index in [9.17, 15) is 9.59 Å². The van der Waals surface area contributed by atoms with Gasteiger partial charge in [0, 0.05) is 27.9 Å². The van der Waals surface area contributed by atoms with Gasteiger partial charge in [0.2, 0.25) is 5.91 Å². The minimum absolute atomic E-state index is 0.0525. The highest BCUT2D eigenvalue weighted by Gasteiger charge is 2.21. The predicted octanol–water partition coefficient (Wildman–Crippen LogP) is 5.46. The quantitative estimate of drug-likeness (QED) is 0.619. The average Bonchev–Trinajstić information content (AvgIpc) is 2.92. The molecule has 0 saturated heterocycles. The van der Waals surface area contributed by atoms with E-state index in [-0.39, 0.29) is 11.8 Å². The van der Waals surface area contributed by atoms with Crippen molar-refractivity contribution in [3.8, 4) is 0 Å². The lowest BCUT2D eigenvalue weighted by molar-refractivity contribution is -0.123. The number of nitrogens with zero attached hydrogens (tertiary/aromatic N) is 1. The second kappa shape index (κ2) is 7.36. The maximum atomic E-state index is 12.8. The lowest BCUT2D eigenvalue weighted by atomic mass is 9.95. The number of nitrogens with one attached hydrogen (secondary N) is 2. The van der Waals surface area contributed by atoms with E-state index in [0.29, 0.717) is 16.3 Å². The number of thiophene rings is 1. The first-order valence-corrected chi connectivity index (χ1v) is 9.98. The molecule has 2 aromatic heterocycles. The maximum absolute atomic E-state index is 12.8. The Kier molecular flexibility index (Phi) is 5.26. The molecule has 2 N–H and O–H groups in total. The van der Waals surface area contributed by atoms with Crippen LogP contribution in [0.25, 0.3) is 10.2 Å². The normalized spacial score (nSPS) is 11.5. The van der Waals surface area contributed by atoms with Crippen LogP contribution in [0.2, 0.25) is 0 Å². The van der Waals surface area contributed by atoms with E-state index in [1.54, 1.807) is 24.3 Å². The van der Waals surface area contributed by atoms with E-state index < -0.39 is 5.41 Å². The summed E-state index contributed by atoms with van der Waals surface area (Å²) in [5, 5.41) is 6.87. The molecule has 3 rings (SSSR count). The lowest BCUT2D eigenvalue weighted by Gasteiger charge is -2.17. The van der Waals surface area contributed by atoms with Crippen LogP contribution in [0.15, 0.2) is 30.3 Å². The van der Waals surface area contributed by atoms with Crippen LogP contribution in [0.3, 0.4) is 0 Å². The van der Waals surface area contributed by atoms with Crippen molar-refractivity contribution in [2.75, 3.05) is 10.6 Å². The van der Waals surface area contributed by atoms with Crippen LogP contribution < -0.4 is 10.6 Å². The smallest absolute Gasteiger partial charge is 0.266 e. The molecule has 0 unspecified atom stereocenters. The first-order valence-electron chi connectivity index (χ1n) is 9.16. The number of hydrogen-bond acceptors (Lipinski definition) is 4. The molecule has 146 valence electrons. The van der Waals surface area contributed by atoms with Crippen LogP contribution in [0.4, 0.5) is 11.4 Å². The highest BCUT2D eigenvalue weighted by molar-refractivity contribution is 7.20. The SMILES string of the molecule is Cc1cc(C)c2c(C)c(C(=O)Nc3ccc(NC(=O)C(C)(C)C)cc3)sc2n1. The summed E-state index contributed by atoms with van der Waals surface area (Å²) < 4.78 is 0. The number of fused-ring (bicyclic) bond motifs is 1. The number of carbonyl (C=O) groups is 2. The Morgan fingerprint density at radius 2 is 1.54 bits per heavy atom. The molecule has 0 fully saturated rings. The van der Waals surface area contributed by atoms with Gasteiger partial charge in [-0.3, -0.25) is 9.59 Å². The molecule has 0 aliphatic rings. The molecule has 0 atom stereocenters. The molecule has 0 bridgehead atoms. The van der Waals surface area contributed by atoms with Crippen molar-refractivity contribution in [1.29, 1.82) is 0 Å². The molecule has 0 spiro atoms. The van der Waals surface area contributed by atoms with Gasteiger partial charge in [-0.2, -0.15) is 0 Å². The number of carbonyl (C=O) groups excluding carboxylic acids is 2. The number of anilines is 2. The van der Waals surface area contributed by atoms with E-state index in [2.05, 4.69) is 15.6 Å². The molecule has 3 aromatic rings. The summed E-state index contributed by atoms with van der Waals surface area (Å²) in [7, 11) is 0. The highest BCUT2D eigenvalue weighted by Crippen LogP contribution is 2.32. The number of aryl methyl sites for hydroxylation is 3. The van der Waals surface area contributed by atoms with Gasteiger partial charge in [0.25, 0.3) is 5.91 Å². The zero-order chi connectivity index (χ0) is 20.6. The first-order chi connectivity index (χ1) is 13.1. The highest BCUT2D eigenvalue weighted by atomic mass is 32.1. The summed E-state index contributed by atoms with van der Waals surface area (Å²) in [6, 6.07) is 9.17. The number of rotatable bonds is 3. The molecule has 0 aliphatic heterocycles. The summed E-state index contributed by atoms with van der Waals surface area (Å²) in [4.78, 5) is 31.0. The van der Waals surface area contributed by atoms with Crippen molar-refractivity contribution in [2.24, 2.45) is 5.41 Å². The van der Waals surface area contributed by atoms with Gasteiger partial charge in [-0.05, 0) is 62.2 Å². The second-order valence-electron chi connectivity index (χ2n) is 8.05. The van der Waals surface area contributed by atoms with E-state index in [1.807, 2.05) is 47.6 Å². The van der Waals surface area contributed by atoms with Crippen molar-refractivity contribution in [3.05, 3.63) is 52.0 Å². The van der Waals surface area contributed by atoms with Gasteiger partial charge in [-0.15, -0.1) is 11.3 Å². The Balaban J connectivity index is 1.78. The third-order valence-electron chi connectivity index (χ3n) is 4.51. The van der Waals surface area contributed by atoms with Crippen molar-refractivity contribution in [1.82, 2.24) is 4.98 Å².